The molecule has 0 saturated carbocycles. The Hall–Kier alpha value is -1.55. The van der Waals surface area contributed by atoms with E-state index in [9.17, 15) is 9.90 Å². The third-order valence-corrected chi connectivity index (χ3v) is 3.27. The van der Waals surface area contributed by atoms with Crippen LogP contribution in [0.3, 0.4) is 0 Å². The van der Waals surface area contributed by atoms with Crippen molar-refractivity contribution in [2.75, 3.05) is 19.6 Å². The summed E-state index contributed by atoms with van der Waals surface area (Å²) in [6.45, 7) is 1.98. The van der Waals surface area contributed by atoms with E-state index in [0.717, 1.165) is 12.1 Å². The monoisotopic (exact) mass is 234 g/mol. The average Bonchev–Trinajstić information content (AvgIpc) is 2.69. The van der Waals surface area contributed by atoms with E-state index in [4.69, 9.17) is 5.73 Å². The van der Waals surface area contributed by atoms with Crippen LogP contribution in [0.2, 0.25) is 0 Å². The molecule has 1 atom stereocenters. The second kappa shape index (κ2) is 5.19. The number of para-hydroxylation sites is 1. The van der Waals surface area contributed by atoms with Crippen molar-refractivity contribution < 1.29 is 9.90 Å². The quantitative estimate of drug-likeness (QED) is 0.807. The summed E-state index contributed by atoms with van der Waals surface area (Å²) in [6, 6.07) is 7.24. The molecule has 0 radical (unpaired) electrons. The van der Waals surface area contributed by atoms with Gasteiger partial charge in [0.05, 0.1) is 0 Å². The molecule has 1 aliphatic heterocycles. The Bertz CT molecular complexity index is 406. The molecule has 1 heterocycles. The third kappa shape index (κ3) is 2.77. The predicted molar refractivity (Wildman–Crippen MR) is 65.6 cm³/mol. The van der Waals surface area contributed by atoms with Crippen LogP contribution < -0.4 is 5.73 Å². The second-order valence-electron chi connectivity index (χ2n) is 4.52. The molecule has 4 nitrogen and oxygen atoms in total. The Morgan fingerprint density at radius 1 is 1.41 bits per heavy atom. The average molecular weight is 234 g/mol. The van der Waals surface area contributed by atoms with Gasteiger partial charge in [0.2, 0.25) is 5.91 Å². The molecule has 0 spiro atoms. The highest BCUT2D eigenvalue weighted by Gasteiger charge is 2.27. The molecule has 1 aromatic rings. The topological polar surface area (TPSA) is 66.6 Å². The van der Waals surface area contributed by atoms with Crippen LogP contribution in [0.1, 0.15) is 12.0 Å². The molecule has 0 aliphatic carbocycles. The van der Waals surface area contributed by atoms with Crippen molar-refractivity contribution in [2.24, 2.45) is 11.7 Å². The van der Waals surface area contributed by atoms with Crippen molar-refractivity contribution in [3.8, 4) is 5.75 Å². The Balaban J connectivity index is 1.91. The van der Waals surface area contributed by atoms with Crippen LogP contribution >= 0.6 is 0 Å². The first kappa shape index (κ1) is 11.9. The van der Waals surface area contributed by atoms with Gasteiger partial charge < -0.3 is 15.7 Å². The highest BCUT2D eigenvalue weighted by atomic mass is 16.3. The third-order valence-electron chi connectivity index (χ3n) is 3.27. The summed E-state index contributed by atoms with van der Waals surface area (Å²) < 4.78 is 0. The number of carbonyl (C=O) groups excluding carboxylic acids is 1. The first-order valence-electron chi connectivity index (χ1n) is 5.95. The van der Waals surface area contributed by atoms with Gasteiger partial charge in [-0.25, -0.2) is 0 Å². The largest absolute Gasteiger partial charge is 0.508 e. The van der Waals surface area contributed by atoms with Gasteiger partial charge in [0.15, 0.2) is 0 Å². The second-order valence-corrected chi connectivity index (χ2v) is 4.52. The summed E-state index contributed by atoms with van der Waals surface area (Å²) >= 11 is 0. The van der Waals surface area contributed by atoms with Crippen molar-refractivity contribution in [2.45, 2.75) is 12.8 Å². The summed E-state index contributed by atoms with van der Waals surface area (Å²) in [4.78, 5) is 13.5. The molecular formula is C13H18N2O2. The first-order valence-corrected chi connectivity index (χ1v) is 5.95. The molecule has 1 fully saturated rings. The van der Waals surface area contributed by atoms with E-state index < -0.39 is 0 Å². The molecule has 0 aromatic heterocycles. The maximum atomic E-state index is 11.7. The molecule has 1 aromatic carbocycles. The van der Waals surface area contributed by atoms with E-state index in [0.29, 0.717) is 37.6 Å². The number of benzene rings is 1. The number of nitrogens with two attached hydrogens (primary N) is 1. The van der Waals surface area contributed by atoms with Gasteiger partial charge in [-0.15, -0.1) is 0 Å². The van der Waals surface area contributed by atoms with Crippen molar-refractivity contribution in [3.63, 3.8) is 0 Å². The molecular weight excluding hydrogens is 216 g/mol. The van der Waals surface area contributed by atoms with Gasteiger partial charge in [-0.2, -0.15) is 0 Å². The Morgan fingerprint density at radius 3 is 2.82 bits per heavy atom. The molecule has 2 rings (SSSR count). The molecule has 4 heteroatoms. The standard InChI is InChI=1S/C13H18N2O2/c14-8-10-7-13(17)15(9-10)6-5-11-3-1-2-4-12(11)16/h1-4,10,16H,5-9,14H2. The van der Waals surface area contributed by atoms with E-state index in [2.05, 4.69) is 0 Å². The summed E-state index contributed by atoms with van der Waals surface area (Å²) in [7, 11) is 0. The molecule has 1 aliphatic rings. The molecule has 1 amide bonds. The minimum atomic E-state index is 0.177. The van der Waals surface area contributed by atoms with Gasteiger partial charge in [-0.05, 0) is 30.5 Å². The molecule has 17 heavy (non-hydrogen) atoms. The Labute approximate surface area is 101 Å². The highest BCUT2D eigenvalue weighted by molar-refractivity contribution is 5.78. The molecule has 0 bridgehead atoms. The first-order chi connectivity index (χ1) is 8.20. The normalized spacial score (nSPS) is 19.9. The number of hydrogen-bond acceptors (Lipinski definition) is 3. The zero-order valence-corrected chi connectivity index (χ0v) is 9.80. The zero-order chi connectivity index (χ0) is 12.3. The minimum Gasteiger partial charge on any atom is -0.508 e. The van der Waals surface area contributed by atoms with Crippen LogP contribution in [0.25, 0.3) is 0 Å². The van der Waals surface area contributed by atoms with Crippen LogP contribution in [-0.4, -0.2) is 35.5 Å². The SMILES string of the molecule is NCC1CC(=O)N(CCc2ccccc2O)C1. The van der Waals surface area contributed by atoms with Gasteiger partial charge in [-0.3, -0.25) is 4.79 Å². The van der Waals surface area contributed by atoms with E-state index in [1.54, 1.807) is 12.1 Å². The van der Waals surface area contributed by atoms with Crippen molar-refractivity contribution in [1.29, 1.82) is 0 Å². The van der Waals surface area contributed by atoms with Crippen LogP contribution in [0.5, 0.6) is 5.75 Å². The number of carbonyl (C=O) groups is 1. The fraction of sp³-hybridized carbons (Fsp3) is 0.462. The maximum Gasteiger partial charge on any atom is 0.222 e. The number of rotatable bonds is 4. The molecule has 1 unspecified atom stereocenters. The van der Waals surface area contributed by atoms with Crippen LogP contribution in [0, 0.1) is 5.92 Å². The number of amides is 1. The molecule has 3 N–H and O–H groups in total. The predicted octanol–water partition coefficient (Wildman–Crippen LogP) is 0.742. The van der Waals surface area contributed by atoms with Gasteiger partial charge in [0.1, 0.15) is 5.75 Å². The van der Waals surface area contributed by atoms with Crippen molar-refractivity contribution >= 4 is 5.91 Å². The van der Waals surface area contributed by atoms with E-state index in [1.165, 1.54) is 0 Å². The van der Waals surface area contributed by atoms with Gasteiger partial charge in [0, 0.05) is 19.5 Å². The fourth-order valence-corrected chi connectivity index (χ4v) is 2.21. The Kier molecular flexibility index (Phi) is 3.64. The lowest BCUT2D eigenvalue weighted by Gasteiger charge is -2.16. The summed E-state index contributed by atoms with van der Waals surface area (Å²) in [5.74, 6) is 0.775. The summed E-state index contributed by atoms with van der Waals surface area (Å²) in [5, 5.41) is 9.63. The molecule has 92 valence electrons. The number of phenolic OH excluding ortho intramolecular Hbond substituents is 1. The number of likely N-dealkylation sites (tertiary alicyclic amines) is 1. The minimum absolute atomic E-state index is 0.177. The lowest BCUT2D eigenvalue weighted by Crippen LogP contribution is -2.28. The lowest BCUT2D eigenvalue weighted by atomic mass is 10.1. The lowest BCUT2D eigenvalue weighted by molar-refractivity contribution is -0.127. The number of phenols is 1. The fourth-order valence-electron chi connectivity index (χ4n) is 2.21. The number of hydrogen-bond donors (Lipinski definition) is 2. The van der Waals surface area contributed by atoms with E-state index in [1.807, 2.05) is 17.0 Å². The van der Waals surface area contributed by atoms with Crippen molar-refractivity contribution in [3.05, 3.63) is 29.8 Å². The van der Waals surface area contributed by atoms with E-state index in [-0.39, 0.29) is 5.91 Å². The highest BCUT2D eigenvalue weighted by Crippen LogP contribution is 2.20. The van der Waals surface area contributed by atoms with Crippen LogP contribution in [0.4, 0.5) is 0 Å². The van der Waals surface area contributed by atoms with Crippen molar-refractivity contribution in [1.82, 2.24) is 4.90 Å². The van der Waals surface area contributed by atoms with Gasteiger partial charge >= 0.3 is 0 Å². The van der Waals surface area contributed by atoms with Crippen LogP contribution in [-0.2, 0) is 11.2 Å². The number of nitrogens with zero attached hydrogens (tertiary/aromatic N) is 1. The van der Waals surface area contributed by atoms with E-state index >= 15 is 0 Å². The smallest absolute Gasteiger partial charge is 0.222 e. The Morgan fingerprint density at radius 2 is 2.18 bits per heavy atom. The van der Waals surface area contributed by atoms with Gasteiger partial charge in [-0.1, -0.05) is 18.2 Å². The van der Waals surface area contributed by atoms with Crippen LogP contribution in [0.15, 0.2) is 24.3 Å². The van der Waals surface area contributed by atoms with Gasteiger partial charge in [0.25, 0.3) is 0 Å². The number of aromatic hydroxyl groups is 1. The summed E-state index contributed by atoms with van der Waals surface area (Å²) in [6.07, 6.45) is 1.26. The zero-order valence-electron chi connectivity index (χ0n) is 9.80. The molecule has 1 saturated heterocycles. The maximum absolute atomic E-state index is 11.7. The summed E-state index contributed by atoms with van der Waals surface area (Å²) in [5.41, 5.74) is 6.46.